The van der Waals surface area contributed by atoms with E-state index in [1.54, 1.807) is 11.3 Å². The van der Waals surface area contributed by atoms with Crippen LogP contribution in [0.5, 0.6) is 0 Å². The third-order valence-corrected chi connectivity index (χ3v) is 5.94. The zero-order chi connectivity index (χ0) is 20.3. The van der Waals surface area contributed by atoms with Gasteiger partial charge in [0.2, 0.25) is 0 Å². The van der Waals surface area contributed by atoms with Gasteiger partial charge in [0.25, 0.3) is 5.91 Å². The van der Waals surface area contributed by atoms with Crippen molar-refractivity contribution < 1.29 is 4.79 Å². The number of nitrogens with zero attached hydrogens (tertiary/aromatic N) is 2. The monoisotopic (exact) mass is 398 g/mol. The standard InChI is InChI=1S/C22H30N4OS/c1-14(2)20-16(9-6-7-11-26(4)5)15(3)23-18(20)13-17-21(24-25-22(17)27)19-10-8-12-28-19/h8,10,12-14,23H,6-7,9,11H2,1-5H3,(H,25,27)/b17-13+. The van der Waals surface area contributed by atoms with Gasteiger partial charge in [-0.25, -0.2) is 5.43 Å². The second kappa shape index (κ2) is 8.88. The Hall–Kier alpha value is -2.18. The Morgan fingerprint density at radius 1 is 1.29 bits per heavy atom. The van der Waals surface area contributed by atoms with Crippen LogP contribution >= 0.6 is 11.3 Å². The molecule has 1 aliphatic heterocycles. The molecule has 0 aliphatic carbocycles. The maximum atomic E-state index is 12.4. The Morgan fingerprint density at radius 3 is 2.71 bits per heavy atom. The van der Waals surface area contributed by atoms with Crippen LogP contribution in [0.15, 0.2) is 28.2 Å². The molecule has 0 saturated heterocycles. The lowest BCUT2D eigenvalue weighted by Gasteiger charge is -2.12. The number of rotatable bonds is 8. The number of aryl methyl sites for hydroxylation is 1. The summed E-state index contributed by atoms with van der Waals surface area (Å²) in [5, 5.41) is 6.26. The number of thiophene rings is 1. The van der Waals surface area contributed by atoms with Gasteiger partial charge in [-0.05, 0) is 81.4 Å². The molecule has 3 rings (SSSR count). The van der Waals surface area contributed by atoms with Crippen molar-refractivity contribution in [2.45, 2.75) is 46.0 Å². The summed E-state index contributed by atoms with van der Waals surface area (Å²) in [7, 11) is 4.23. The average molecular weight is 399 g/mol. The van der Waals surface area contributed by atoms with Gasteiger partial charge in [-0.2, -0.15) is 5.10 Å². The molecule has 0 saturated carbocycles. The summed E-state index contributed by atoms with van der Waals surface area (Å²) in [4.78, 5) is 19.2. The molecule has 0 radical (unpaired) electrons. The third-order valence-electron chi connectivity index (χ3n) is 5.06. The summed E-state index contributed by atoms with van der Waals surface area (Å²) in [5.74, 6) is 0.241. The van der Waals surface area contributed by atoms with Gasteiger partial charge in [0.1, 0.15) is 5.71 Å². The number of carbonyl (C=O) groups excluding carboxylic acids is 1. The summed E-state index contributed by atoms with van der Waals surface area (Å²) < 4.78 is 0. The quantitative estimate of drug-likeness (QED) is 0.514. The Bertz CT molecular complexity index is 888. The summed E-state index contributed by atoms with van der Waals surface area (Å²) in [6.45, 7) is 7.68. The molecule has 2 aromatic heterocycles. The molecule has 2 N–H and O–H groups in total. The number of hydrogen-bond donors (Lipinski definition) is 2. The second-order valence-corrected chi connectivity index (χ2v) is 8.86. The van der Waals surface area contributed by atoms with Crippen molar-refractivity contribution in [3.63, 3.8) is 0 Å². The van der Waals surface area contributed by atoms with Crippen molar-refractivity contribution in [3.8, 4) is 0 Å². The molecular formula is C22H30N4OS. The SMILES string of the molecule is Cc1[nH]c(/C=C2/C(=O)NN=C2c2cccs2)c(C(C)C)c1CCCCN(C)C. The smallest absolute Gasteiger partial charge is 0.273 e. The van der Waals surface area contributed by atoms with Gasteiger partial charge >= 0.3 is 0 Å². The fourth-order valence-corrected chi connectivity index (χ4v) is 4.48. The largest absolute Gasteiger partial charge is 0.359 e. The Balaban J connectivity index is 1.91. The van der Waals surface area contributed by atoms with E-state index in [0.29, 0.717) is 11.5 Å². The minimum atomic E-state index is -0.141. The summed E-state index contributed by atoms with van der Waals surface area (Å²) >= 11 is 1.59. The predicted molar refractivity (Wildman–Crippen MR) is 118 cm³/mol. The van der Waals surface area contributed by atoms with Crippen LogP contribution in [0.4, 0.5) is 0 Å². The van der Waals surface area contributed by atoms with Crippen molar-refractivity contribution in [3.05, 3.63) is 50.5 Å². The van der Waals surface area contributed by atoms with Crippen LogP contribution in [0.3, 0.4) is 0 Å². The molecule has 1 aliphatic rings. The van der Waals surface area contributed by atoms with Gasteiger partial charge < -0.3 is 9.88 Å². The lowest BCUT2D eigenvalue weighted by Crippen LogP contribution is -2.13. The maximum absolute atomic E-state index is 12.4. The van der Waals surface area contributed by atoms with E-state index in [1.807, 2.05) is 23.6 Å². The van der Waals surface area contributed by atoms with Crippen molar-refractivity contribution in [2.75, 3.05) is 20.6 Å². The van der Waals surface area contributed by atoms with E-state index in [9.17, 15) is 4.79 Å². The van der Waals surface area contributed by atoms with Crippen molar-refractivity contribution >= 4 is 29.0 Å². The summed E-state index contributed by atoms with van der Waals surface area (Å²) in [6, 6.07) is 3.98. The zero-order valence-electron chi connectivity index (χ0n) is 17.4. The highest BCUT2D eigenvalue weighted by atomic mass is 32.1. The summed E-state index contributed by atoms with van der Waals surface area (Å²) in [6.07, 6.45) is 5.38. The predicted octanol–water partition coefficient (Wildman–Crippen LogP) is 4.31. The first-order valence-electron chi connectivity index (χ1n) is 9.88. The van der Waals surface area contributed by atoms with Crippen LogP contribution in [0.1, 0.15) is 60.0 Å². The van der Waals surface area contributed by atoms with Gasteiger partial charge in [-0.1, -0.05) is 19.9 Å². The van der Waals surface area contributed by atoms with Gasteiger partial charge in [0, 0.05) is 11.4 Å². The minimum absolute atomic E-state index is 0.141. The van der Waals surface area contributed by atoms with E-state index < -0.39 is 0 Å². The molecule has 28 heavy (non-hydrogen) atoms. The Labute approximate surface area is 171 Å². The highest BCUT2D eigenvalue weighted by molar-refractivity contribution is 7.12. The van der Waals surface area contributed by atoms with Gasteiger partial charge in [-0.15, -0.1) is 11.3 Å². The fourth-order valence-electron chi connectivity index (χ4n) is 3.75. The van der Waals surface area contributed by atoms with Crippen LogP contribution in [0.25, 0.3) is 6.08 Å². The zero-order valence-corrected chi connectivity index (χ0v) is 18.2. The number of H-pyrrole nitrogens is 1. The normalized spacial score (nSPS) is 15.8. The number of aromatic nitrogens is 1. The molecule has 0 atom stereocenters. The molecule has 0 fully saturated rings. The van der Waals surface area contributed by atoms with Gasteiger partial charge in [0.05, 0.1) is 10.5 Å². The minimum Gasteiger partial charge on any atom is -0.359 e. The molecule has 0 spiro atoms. The molecule has 0 bridgehead atoms. The molecule has 0 unspecified atom stereocenters. The molecule has 3 heterocycles. The van der Waals surface area contributed by atoms with Crippen LogP contribution < -0.4 is 5.43 Å². The molecule has 5 nitrogen and oxygen atoms in total. The number of aromatic amines is 1. The molecular weight excluding hydrogens is 368 g/mol. The van der Waals surface area contributed by atoms with Crippen LogP contribution in [-0.4, -0.2) is 42.1 Å². The van der Waals surface area contributed by atoms with E-state index in [0.717, 1.165) is 35.7 Å². The molecule has 150 valence electrons. The number of nitrogens with one attached hydrogen (secondary N) is 2. The lowest BCUT2D eigenvalue weighted by atomic mass is 9.93. The lowest BCUT2D eigenvalue weighted by molar-refractivity contribution is -0.116. The molecule has 0 aromatic carbocycles. The third kappa shape index (κ3) is 4.45. The molecule has 2 aromatic rings. The van der Waals surface area contributed by atoms with E-state index in [-0.39, 0.29) is 5.91 Å². The number of hydrogen-bond acceptors (Lipinski definition) is 4. The van der Waals surface area contributed by atoms with E-state index in [4.69, 9.17) is 0 Å². The molecule has 1 amide bonds. The fraction of sp³-hybridized carbons (Fsp3) is 0.455. The van der Waals surface area contributed by atoms with E-state index in [1.165, 1.54) is 23.2 Å². The Kier molecular flexibility index (Phi) is 6.52. The highest BCUT2D eigenvalue weighted by Crippen LogP contribution is 2.31. The number of hydrazone groups is 1. The van der Waals surface area contributed by atoms with Crippen LogP contribution in [-0.2, 0) is 11.2 Å². The summed E-state index contributed by atoms with van der Waals surface area (Å²) in [5.41, 5.74) is 8.93. The first-order valence-corrected chi connectivity index (χ1v) is 10.8. The Morgan fingerprint density at radius 2 is 2.07 bits per heavy atom. The van der Waals surface area contributed by atoms with Crippen LogP contribution in [0.2, 0.25) is 0 Å². The highest BCUT2D eigenvalue weighted by Gasteiger charge is 2.26. The van der Waals surface area contributed by atoms with Gasteiger partial charge in [-0.3, -0.25) is 4.79 Å². The van der Waals surface area contributed by atoms with E-state index >= 15 is 0 Å². The van der Waals surface area contributed by atoms with Crippen molar-refractivity contribution in [2.24, 2.45) is 5.10 Å². The van der Waals surface area contributed by atoms with Crippen LogP contribution in [0, 0.1) is 6.92 Å². The number of carbonyl (C=O) groups is 1. The van der Waals surface area contributed by atoms with Gasteiger partial charge in [0.15, 0.2) is 0 Å². The van der Waals surface area contributed by atoms with Crippen molar-refractivity contribution in [1.29, 1.82) is 0 Å². The van der Waals surface area contributed by atoms with E-state index in [2.05, 4.69) is 55.3 Å². The van der Waals surface area contributed by atoms with Crippen molar-refractivity contribution in [1.82, 2.24) is 15.3 Å². The maximum Gasteiger partial charge on any atom is 0.273 e. The molecule has 6 heteroatoms. The number of amides is 1. The first kappa shape index (κ1) is 20.6. The topological polar surface area (TPSA) is 60.5 Å². The second-order valence-electron chi connectivity index (χ2n) is 7.91. The first-order chi connectivity index (χ1) is 13.4. The number of unbranched alkanes of at least 4 members (excludes halogenated alkanes) is 1. The average Bonchev–Trinajstić information content (AvgIpc) is 3.33.